The maximum atomic E-state index is 5.74. The summed E-state index contributed by atoms with van der Waals surface area (Å²) in [5.41, 5.74) is 6.90. The van der Waals surface area contributed by atoms with Crippen molar-refractivity contribution in [3.8, 4) is 5.75 Å². The Labute approximate surface area is 121 Å². The molecule has 0 aromatic heterocycles. The molecule has 106 valence electrons. The molecule has 0 aliphatic rings. The van der Waals surface area contributed by atoms with Gasteiger partial charge in [0.25, 0.3) is 0 Å². The molecule has 4 heteroatoms. The van der Waals surface area contributed by atoms with Crippen molar-refractivity contribution in [3.63, 3.8) is 0 Å². The van der Waals surface area contributed by atoms with Crippen LogP contribution in [0.25, 0.3) is 0 Å². The normalized spacial score (nSPS) is 11.6. The molecule has 0 radical (unpaired) electrons. The van der Waals surface area contributed by atoms with Crippen LogP contribution in [0.15, 0.2) is 24.3 Å². The van der Waals surface area contributed by atoms with Crippen LogP contribution >= 0.6 is 12.2 Å². The van der Waals surface area contributed by atoms with E-state index in [1.807, 2.05) is 12.1 Å². The summed E-state index contributed by atoms with van der Waals surface area (Å²) in [5, 5.41) is 0. The number of thiocarbonyl (C=S) groups is 1. The van der Waals surface area contributed by atoms with Gasteiger partial charge in [-0.3, -0.25) is 0 Å². The van der Waals surface area contributed by atoms with Crippen molar-refractivity contribution in [1.29, 1.82) is 0 Å². The average molecular weight is 280 g/mol. The Kier molecular flexibility index (Phi) is 5.76. The lowest BCUT2D eigenvalue weighted by molar-refractivity contribution is 0.285. The van der Waals surface area contributed by atoms with E-state index in [1.54, 1.807) is 7.11 Å². The standard InChI is InChI=1S/C15H24N2OS/c1-15(2,14(16)19)8-9-17(3)11-12-6-5-7-13(10-12)18-4/h5-7,10H,8-9,11H2,1-4H3,(H2,16,19). The molecule has 1 aromatic rings. The number of benzene rings is 1. The Balaban J connectivity index is 2.51. The molecule has 3 nitrogen and oxygen atoms in total. The van der Waals surface area contributed by atoms with Crippen molar-refractivity contribution >= 4 is 17.2 Å². The molecule has 0 bridgehead atoms. The highest BCUT2D eigenvalue weighted by atomic mass is 32.1. The zero-order chi connectivity index (χ0) is 14.5. The molecule has 0 unspecified atom stereocenters. The Morgan fingerprint density at radius 1 is 1.42 bits per heavy atom. The number of nitrogens with zero attached hydrogens (tertiary/aromatic N) is 1. The second kappa shape index (κ2) is 6.87. The predicted octanol–water partition coefficient (Wildman–Crippen LogP) is 2.83. The SMILES string of the molecule is COc1cccc(CN(C)CCC(C)(C)C(N)=S)c1. The summed E-state index contributed by atoms with van der Waals surface area (Å²) < 4.78 is 5.23. The van der Waals surface area contributed by atoms with Crippen molar-refractivity contribution in [2.45, 2.75) is 26.8 Å². The molecule has 0 fully saturated rings. The van der Waals surface area contributed by atoms with Gasteiger partial charge in [-0.1, -0.05) is 38.2 Å². The highest BCUT2D eigenvalue weighted by molar-refractivity contribution is 7.80. The fraction of sp³-hybridized carbons (Fsp3) is 0.533. The largest absolute Gasteiger partial charge is 0.497 e. The first kappa shape index (κ1) is 15.9. The molecular formula is C15H24N2OS. The molecule has 1 aromatic carbocycles. The number of hydrogen-bond donors (Lipinski definition) is 1. The van der Waals surface area contributed by atoms with E-state index in [2.05, 4.69) is 37.9 Å². The topological polar surface area (TPSA) is 38.5 Å². The molecule has 0 atom stereocenters. The summed E-state index contributed by atoms with van der Waals surface area (Å²) >= 11 is 5.09. The molecule has 0 heterocycles. The lowest BCUT2D eigenvalue weighted by atomic mass is 9.89. The second-order valence-electron chi connectivity index (χ2n) is 5.59. The van der Waals surface area contributed by atoms with E-state index in [4.69, 9.17) is 22.7 Å². The summed E-state index contributed by atoms with van der Waals surface area (Å²) in [6.07, 6.45) is 0.961. The third kappa shape index (κ3) is 5.17. The second-order valence-corrected chi connectivity index (χ2v) is 6.03. The van der Waals surface area contributed by atoms with Gasteiger partial charge in [-0.05, 0) is 37.7 Å². The molecule has 0 aliphatic carbocycles. The summed E-state index contributed by atoms with van der Waals surface area (Å²) in [7, 11) is 3.79. The number of ether oxygens (including phenoxy) is 1. The van der Waals surface area contributed by atoms with Crippen LogP contribution < -0.4 is 10.5 Å². The van der Waals surface area contributed by atoms with Crippen LogP contribution in [0.1, 0.15) is 25.8 Å². The first-order valence-corrected chi connectivity index (χ1v) is 6.87. The quantitative estimate of drug-likeness (QED) is 0.780. The third-order valence-corrected chi connectivity index (χ3v) is 3.92. The minimum atomic E-state index is -0.0853. The number of hydrogen-bond acceptors (Lipinski definition) is 3. The van der Waals surface area contributed by atoms with Gasteiger partial charge in [0.1, 0.15) is 5.75 Å². The zero-order valence-corrected chi connectivity index (χ0v) is 13.1. The molecule has 0 spiro atoms. The van der Waals surface area contributed by atoms with Gasteiger partial charge in [0, 0.05) is 12.0 Å². The lowest BCUT2D eigenvalue weighted by Gasteiger charge is -2.26. The minimum absolute atomic E-state index is 0.0853. The molecule has 0 amide bonds. The van der Waals surface area contributed by atoms with Crippen LogP contribution in [0.2, 0.25) is 0 Å². The van der Waals surface area contributed by atoms with Gasteiger partial charge in [0.05, 0.1) is 12.1 Å². The fourth-order valence-electron chi connectivity index (χ4n) is 1.76. The first-order valence-electron chi connectivity index (χ1n) is 6.46. The smallest absolute Gasteiger partial charge is 0.119 e. The van der Waals surface area contributed by atoms with Gasteiger partial charge in [-0.25, -0.2) is 0 Å². The van der Waals surface area contributed by atoms with Crippen molar-refractivity contribution < 1.29 is 4.74 Å². The van der Waals surface area contributed by atoms with Gasteiger partial charge >= 0.3 is 0 Å². The highest BCUT2D eigenvalue weighted by Crippen LogP contribution is 2.21. The van der Waals surface area contributed by atoms with Crippen LogP contribution in [0.3, 0.4) is 0 Å². The van der Waals surface area contributed by atoms with Crippen LogP contribution in [0.5, 0.6) is 5.75 Å². The van der Waals surface area contributed by atoms with Crippen molar-refractivity contribution in [3.05, 3.63) is 29.8 Å². The van der Waals surface area contributed by atoms with E-state index in [-0.39, 0.29) is 5.41 Å². The van der Waals surface area contributed by atoms with Gasteiger partial charge in [0.2, 0.25) is 0 Å². The number of rotatable bonds is 7. The van der Waals surface area contributed by atoms with E-state index in [9.17, 15) is 0 Å². The van der Waals surface area contributed by atoms with Crippen molar-refractivity contribution in [2.75, 3.05) is 20.7 Å². The lowest BCUT2D eigenvalue weighted by Crippen LogP contribution is -2.33. The average Bonchev–Trinajstić information content (AvgIpc) is 2.36. The maximum Gasteiger partial charge on any atom is 0.119 e. The summed E-state index contributed by atoms with van der Waals surface area (Å²) in [5.74, 6) is 0.898. The van der Waals surface area contributed by atoms with E-state index in [1.165, 1.54) is 5.56 Å². The Bertz CT molecular complexity index is 432. The molecule has 2 N–H and O–H groups in total. The number of methoxy groups -OCH3 is 1. The van der Waals surface area contributed by atoms with Crippen molar-refractivity contribution in [2.24, 2.45) is 11.1 Å². The molecule has 1 rings (SSSR count). The fourth-order valence-corrected chi connectivity index (χ4v) is 1.86. The summed E-state index contributed by atoms with van der Waals surface area (Å²) in [6, 6.07) is 8.15. The summed E-state index contributed by atoms with van der Waals surface area (Å²) in [4.78, 5) is 2.86. The highest BCUT2D eigenvalue weighted by Gasteiger charge is 2.21. The molecule has 0 saturated carbocycles. The molecular weight excluding hydrogens is 256 g/mol. The monoisotopic (exact) mass is 280 g/mol. The molecule has 0 saturated heterocycles. The van der Waals surface area contributed by atoms with E-state index >= 15 is 0 Å². The van der Waals surface area contributed by atoms with Crippen LogP contribution in [0.4, 0.5) is 0 Å². The van der Waals surface area contributed by atoms with E-state index in [0.717, 1.165) is 25.3 Å². The van der Waals surface area contributed by atoms with E-state index < -0.39 is 0 Å². The zero-order valence-electron chi connectivity index (χ0n) is 12.3. The summed E-state index contributed by atoms with van der Waals surface area (Å²) in [6.45, 7) is 6.04. The third-order valence-electron chi connectivity index (χ3n) is 3.37. The number of nitrogens with two attached hydrogens (primary N) is 1. The predicted molar refractivity (Wildman–Crippen MR) is 84.5 cm³/mol. The molecule has 19 heavy (non-hydrogen) atoms. The van der Waals surface area contributed by atoms with Crippen LogP contribution in [-0.4, -0.2) is 30.6 Å². The van der Waals surface area contributed by atoms with Gasteiger partial charge in [-0.15, -0.1) is 0 Å². The van der Waals surface area contributed by atoms with Gasteiger partial charge in [-0.2, -0.15) is 0 Å². The minimum Gasteiger partial charge on any atom is -0.497 e. The van der Waals surface area contributed by atoms with Gasteiger partial charge in [0.15, 0.2) is 0 Å². The first-order chi connectivity index (χ1) is 8.85. The Hall–Kier alpha value is -1.13. The Morgan fingerprint density at radius 3 is 2.68 bits per heavy atom. The van der Waals surface area contributed by atoms with Crippen LogP contribution in [-0.2, 0) is 6.54 Å². The Morgan fingerprint density at radius 2 is 2.11 bits per heavy atom. The molecule has 0 aliphatic heterocycles. The maximum absolute atomic E-state index is 5.74. The van der Waals surface area contributed by atoms with Crippen LogP contribution in [0, 0.1) is 5.41 Å². The van der Waals surface area contributed by atoms with Gasteiger partial charge < -0.3 is 15.4 Å². The van der Waals surface area contributed by atoms with E-state index in [0.29, 0.717) is 4.99 Å². The van der Waals surface area contributed by atoms with Crippen molar-refractivity contribution in [1.82, 2.24) is 4.90 Å².